The van der Waals surface area contributed by atoms with Gasteiger partial charge in [0.05, 0.1) is 5.52 Å². The molecule has 0 radical (unpaired) electrons. The second kappa shape index (κ2) is 6.64. The molecule has 3 aromatic carbocycles. The maximum atomic E-state index is 13.8. The van der Waals surface area contributed by atoms with Crippen LogP contribution in [-0.4, -0.2) is 16.1 Å². The molecule has 0 aliphatic heterocycles. The Labute approximate surface area is 153 Å². The highest BCUT2D eigenvalue weighted by Gasteiger charge is 2.19. The van der Waals surface area contributed by atoms with Crippen LogP contribution in [0.4, 0.5) is 14.6 Å². The second-order valence-electron chi connectivity index (χ2n) is 6.25. The number of halogens is 2. The van der Waals surface area contributed by atoms with Gasteiger partial charge in [0.15, 0.2) is 5.82 Å². The molecule has 2 N–H and O–H groups in total. The van der Waals surface area contributed by atoms with Gasteiger partial charge in [-0.3, -0.25) is 9.89 Å². The van der Waals surface area contributed by atoms with Gasteiger partial charge in [0.2, 0.25) is 0 Å². The maximum absolute atomic E-state index is 13.8. The normalized spacial score (nSPS) is 10.9. The Morgan fingerprint density at radius 3 is 2.41 bits per heavy atom. The first kappa shape index (κ1) is 16.9. The number of benzene rings is 3. The Hall–Kier alpha value is -3.54. The molecule has 0 spiro atoms. The predicted octanol–water partition coefficient (Wildman–Crippen LogP) is 5.07. The van der Waals surface area contributed by atoms with Gasteiger partial charge < -0.3 is 5.32 Å². The number of aromatic nitrogens is 2. The van der Waals surface area contributed by atoms with Gasteiger partial charge in [0, 0.05) is 5.39 Å². The molecule has 134 valence electrons. The predicted molar refractivity (Wildman–Crippen MR) is 101 cm³/mol. The zero-order valence-corrected chi connectivity index (χ0v) is 14.4. The first-order valence-corrected chi connectivity index (χ1v) is 8.33. The van der Waals surface area contributed by atoms with Gasteiger partial charge >= 0.3 is 0 Å². The first-order valence-electron chi connectivity index (χ1n) is 8.33. The number of carbonyl (C=O) groups is 1. The number of aryl methyl sites for hydroxylation is 1. The van der Waals surface area contributed by atoms with Crippen molar-refractivity contribution >= 4 is 22.6 Å². The number of fused-ring (bicyclic) bond motifs is 1. The number of H-pyrrole nitrogens is 1. The molecule has 1 heterocycles. The third-order valence-electron chi connectivity index (χ3n) is 4.34. The quantitative estimate of drug-likeness (QED) is 0.534. The SMILES string of the molecule is Cc1cccc(-c2ccc3c(NC(=O)c4c(F)cccc4F)n[nH]c3c2)c1. The van der Waals surface area contributed by atoms with Gasteiger partial charge in [-0.05, 0) is 42.3 Å². The molecule has 4 aromatic rings. The number of rotatable bonds is 3. The highest BCUT2D eigenvalue weighted by Crippen LogP contribution is 2.28. The summed E-state index contributed by atoms with van der Waals surface area (Å²) in [4.78, 5) is 12.3. The van der Waals surface area contributed by atoms with Crippen LogP contribution in [0.1, 0.15) is 15.9 Å². The fourth-order valence-electron chi connectivity index (χ4n) is 3.00. The van der Waals surface area contributed by atoms with E-state index in [9.17, 15) is 13.6 Å². The number of nitrogens with one attached hydrogen (secondary N) is 2. The van der Waals surface area contributed by atoms with Crippen molar-refractivity contribution in [2.45, 2.75) is 6.92 Å². The van der Waals surface area contributed by atoms with E-state index in [0.717, 1.165) is 28.8 Å². The van der Waals surface area contributed by atoms with Crippen LogP contribution >= 0.6 is 0 Å². The van der Waals surface area contributed by atoms with Crippen LogP contribution in [0, 0.1) is 18.6 Å². The summed E-state index contributed by atoms with van der Waals surface area (Å²) in [6, 6.07) is 17.0. The number of nitrogens with zero attached hydrogens (tertiary/aromatic N) is 1. The lowest BCUT2D eigenvalue weighted by atomic mass is 10.0. The minimum absolute atomic E-state index is 0.216. The van der Waals surface area contributed by atoms with E-state index in [1.807, 2.05) is 43.3 Å². The summed E-state index contributed by atoms with van der Waals surface area (Å²) >= 11 is 0. The lowest BCUT2D eigenvalue weighted by Crippen LogP contribution is -2.16. The molecule has 0 fully saturated rings. The number of hydrogen-bond donors (Lipinski definition) is 2. The summed E-state index contributed by atoms with van der Waals surface area (Å²) in [5, 5.41) is 10.0. The summed E-state index contributed by atoms with van der Waals surface area (Å²) < 4.78 is 27.6. The van der Waals surface area contributed by atoms with Gasteiger partial charge in [-0.25, -0.2) is 8.78 Å². The van der Waals surface area contributed by atoms with Crippen molar-refractivity contribution in [1.82, 2.24) is 10.2 Å². The van der Waals surface area contributed by atoms with Gasteiger partial charge in [-0.15, -0.1) is 0 Å². The lowest BCUT2D eigenvalue weighted by Gasteiger charge is -2.06. The molecule has 4 rings (SSSR count). The Morgan fingerprint density at radius 2 is 1.67 bits per heavy atom. The Balaban J connectivity index is 1.67. The number of aromatic amines is 1. The molecule has 0 atom stereocenters. The third-order valence-corrected chi connectivity index (χ3v) is 4.34. The van der Waals surface area contributed by atoms with Crippen molar-refractivity contribution in [1.29, 1.82) is 0 Å². The van der Waals surface area contributed by atoms with Gasteiger partial charge in [0.25, 0.3) is 5.91 Å². The molecule has 0 saturated heterocycles. The van der Waals surface area contributed by atoms with Crippen molar-refractivity contribution in [2.75, 3.05) is 5.32 Å². The maximum Gasteiger partial charge on any atom is 0.262 e. The van der Waals surface area contributed by atoms with Crippen molar-refractivity contribution < 1.29 is 13.6 Å². The molecule has 0 aliphatic rings. The van der Waals surface area contributed by atoms with Gasteiger partial charge in [-0.2, -0.15) is 5.10 Å². The van der Waals surface area contributed by atoms with Crippen LogP contribution in [0.3, 0.4) is 0 Å². The largest absolute Gasteiger partial charge is 0.304 e. The number of hydrogen-bond acceptors (Lipinski definition) is 2. The summed E-state index contributed by atoms with van der Waals surface area (Å²) in [7, 11) is 0. The average molecular weight is 363 g/mol. The van der Waals surface area contributed by atoms with Gasteiger partial charge in [0.1, 0.15) is 17.2 Å². The monoisotopic (exact) mass is 363 g/mol. The molecule has 0 unspecified atom stereocenters. The topological polar surface area (TPSA) is 57.8 Å². The van der Waals surface area contributed by atoms with Crippen LogP contribution in [-0.2, 0) is 0 Å². The molecule has 0 bridgehead atoms. The van der Waals surface area contributed by atoms with Crippen molar-refractivity contribution in [3.8, 4) is 11.1 Å². The summed E-state index contributed by atoms with van der Waals surface area (Å²) in [5.41, 5.74) is 3.28. The Bertz CT molecular complexity index is 1150. The molecule has 1 aromatic heterocycles. The number of carbonyl (C=O) groups excluding carboxylic acids is 1. The summed E-state index contributed by atoms with van der Waals surface area (Å²) in [5.74, 6) is -2.52. The molecular weight excluding hydrogens is 348 g/mol. The third kappa shape index (κ3) is 3.17. The molecule has 27 heavy (non-hydrogen) atoms. The molecule has 0 aliphatic carbocycles. The molecular formula is C21H15F2N3O. The van der Waals surface area contributed by atoms with E-state index in [-0.39, 0.29) is 5.82 Å². The Kier molecular flexibility index (Phi) is 4.16. The number of amides is 1. The molecule has 1 amide bonds. The van der Waals surface area contributed by atoms with Crippen molar-refractivity contribution in [3.05, 3.63) is 83.4 Å². The lowest BCUT2D eigenvalue weighted by molar-refractivity contribution is 0.101. The van der Waals surface area contributed by atoms with Gasteiger partial charge in [-0.1, -0.05) is 42.0 Å². The van der Waals surface area contributed by atoms with Crippen LogP contribution < -0.4 is 5.32 Å². The van der Waals surface area contributed by atoms with E-state index < -0.39 is 23.1 Å². The standard InChI is InChI=1S/C21H15F2N3O/c1-12-4-2-5-13(10-12)14-8-9-15-18(11-14)25-26-20(15)24-21(27)19-16(22)6-3-7-17(19)23/h2-11H,1H3,(H2,24,25,26,27). The fourth-order valence-corrected chi connectivity index (χ4v) is 3.00. The fraction of sp³-hybridized carbons (Fsp3) is 0.0476. The smallest absolute Gasteiger partial charge is 0.262 e. The summed E-state index contributed by atoms with van der Waals surface area (Å²) in [6.45, 7) is 2.02. The van der Waals surface area contributed by atoms with Crippen LogP contribution in [0.2, 0.25) is 0 Å². The van der Waals surface area contributed by atoms with E-state index in [0.29, 0.717) is 10.9 Å². The minimum Gasteiger partial charge on any atom is -0.304 e. The van der Waals surface area contributed by atoms with E-state index >= 15 is 0 Å². The Morgan fingerprint density at radius 1 is 0.963 bits per heavy atom. The highest BCUT2D eigenvalue weighted by molar-refractivity contribution is 6.08. The minimum atomic E-state index is -0.922. The van der Waals surface area contributed by atoms with Crippen molar-refractivity contribution in [2.24, 2.45) is 0 Å². The van der Waals surface area contributed by atoms with E-state index in [1.165, 1.54) is 6.07 Å². The summed E-state index contributed by atoms with van der Waals surface area (Å²) in [6.07, 6.45) is 0. The average Bonchev–Trinajstić information content (AvgIpc) is 3.03. The molecule has 6 heteroatoms. The van der Waals surface area contributed by atoms with Crippen LogP contribution in [0.5, 0.6) is 0 Å². The highest BCUT2D eigenvalue weighted by atomic mass is 19.1. The molecule has 0 saturated carbocycles. The van der Waals surface area contributed by atoms with E-state index in [1.54, 1.807) is 0 Å². The zero-order valence-electron chi connectivity index (χ0n) is 14.4. The van der Waals surface area contributed by atoms with E-state index in [4.69, 9.17) is 0 Å². The molecule has 4 nitrogen and oxygen atoms in total. The second-order valence-corrected chi connectivity index (χ2v) is 6.25. The van der Waals surface area contributed by atoms with Crippen LogP contribution in [0.25, 0.3) is 22.0 Å². The number of anilines is 1. The van der Waals surface area contributed by atoms with E-state index in [2.05, 4.69) is 21.6 Å². The first-order chi connectivity index (χ1) is 13.0. The zero-order chi connectivity index (χ0) is 19.0. The van der Waals surface area contributed by atoms with Crippen molar-refractivity contribution in [3.63, 3.8) is 0 Å². The van der Waals surface area contributed by atoms with Crippen LogP contribution in [0.15, 0.2) is 60.7 Å².